The third kappa shape index (κ3) is 4.50. The van der Waals surface area contributed by atoms with Crippen LogP contribution in [0.2, 0.25) is 0 Å². The number of ether oxygens (including phenoxy) is 1. The number of nitrogens with one attached hydrogen (secondary N) is 1. The van der Waals surface area contributed by atoms with E-state index >= 15 is 0 Å². The molecule has 1 atom stereocenters. The Hall–Kier alpha value is -3.55. The minimum absolute atomic E-state index is 0.125. The van der Waals surface area contributed by atoms with Crippen LogP contribution in [-0.4, -0.2) is 43.7 Å². The third-order valence-electron chi connectivity index (χ3n) is 3.44. The van der Waals surface area contributed by atoms with Crippen LogP contribution in [-0.2, 0) is 0 Å². The number of nitrogens with zero attached hydrogens (tertiary/aromatic N) is 4. The summed E-state index contributed by atoms with van der Waals surface area (Å²) in [5.74, 6) is 0.0836. The molecule has 3 heterocycles. The van der Waals surface area contributed by atoms with Gasteiger partial charge in [-0.15, -0.1) is 0 Å². The Bertz CT molecular complexity index is 889. The number of aromatic carboxylic acids is 1. The first-order chi connectivity index (χ1) is 12.6. The Balaban J connectivity index is 1.66. The highest BCUT2D eigenvalue weighted by molar-refractivity contribution is 5.88. The van der Waals surface area contributed by atoms with E-state index in [1.54, 1.807) is 30.7 Å². The number of carboxylic acids is 1. The molecule has 3 aromatic heterocycles. The minimum atomic E-state index is -1.01. The van der Waals surface area contributed by atoms with E-state index in [2.05, 4.69) is 25.3 Å². The molecule has 0 aliphatic carbocycles. The first-order valence-corrected chi connectivity index (χ1v) is 7.95. The van der Waals surface area contributed by atoms with Crippen molar-refractivity contribution in [3.05, 3.63) is 60.7 Å². The average Bonchev–Trinajstić information content (AvgIpc) is 2.67. The lowest BCUT2D eigenvalue weighted by atomic mass is 10.2. The van der Waals surface area contributed by atoms with Crippen molar-refractivity contribution >= 4 is 11.9 Å². The fourth-order valence-electron chi connectivity index (χ4n) is 2.22. The lowest BCUT2D eigenvalue weighted by Gasteiger charge is -2.15. The molecule has 26 heavy (non-hydrogen) atoms. The van der Waals surface area contributed by atoms with Crippen molar-refractivity contribution in [1.29, 1.82) is 0 Å². The van der Waals surface area contributed by atoms with E-state index in [0.29, 0.717) is 29.6 Å². The van der Waals surface area contributed by atoms with Gasteiger partial charge in [0.05, 0.1) is 29.7 Å². The third-order valence-corrected chi connectivity index (χ3v) is 3.44. The summed E-state index contributed by atoms with van der Waals surface area (Å²) in [6, 6.07) is 8.23. The summed E-state index contributed by atoms with van der Waals surface area (Å²) in [5.41, 5.74) is 1.16. The molecule has 0 unspecified atom stereocenters. The van der Waals surface area contributed by atoms with Crippen LogP contribution in [0.25, 0.3) is 11.4 Å². The normalized spacial score (nSPS) is 11.6. The second-order valence-electron chi connectivity index (χ2n) is 5.50. The molecular formula is C18H17N5O3. The highest BCUT2D eigenvalue weighted by atomic mass is 16.5. The predicted octanol–water partition coefficient (Wildman–Crippen LogP) is 2.51. The summed E-state index contributed by atoms with van der Waals surface area (Å²) >= 11 is 0. The Kier molecular flexibility index (Phi) is 5.33. The monoisotopic (exact) mass is 351 g/mol. The van der Waals surface area contributed by atoms with Crippen LogP contribution in [0.15, 0.2) is 55.1 Å². The molecule has 0 spiro atoms. The number of carboxylic acid groups (broad SMARTS) is 1. The van der Waals surface area contributed by atoms with E-state index in [0.717, 1.165) is 0 Å². The van der Waals surface area contributed by atoms with Crippen molar-refractivity contribution in [2.45, 2.75) is 13.0 Å². The molecular weight excluding hydrogens is 334 g/mol. The highest BCUT2D eigenvalue weighted by Gasteiger charge is 2.09. The summed E-state index contributed by atoms with van der Waals surface area (Å²) in [5, 5.41) is 12.2. The van der Waals surface area contributed by atoms with Crippen molar-refractivity contribution in [3.8, 4) is 17.1 Å². The maximum Gasteiger partial charge on any atom is 0.335 e. The zero-order valence-corrected chi connectivity index (χ0v) is 14.0. The number of hydrogen-bond donors (Lipinski definition) is 2. The molecule has 0 saturated heterocycles. The number of hydrogen-bond acceptors (Lipinski definition) is 7. The van der Waals surface area contributed by atoms with Gasteiger partial charge in [0.25, 0.3) is 0 Å². The summed E-state index contributed by atoms with van der Waals surface area (Å²) in [4.78, 5) is 27.8. The first-order valence-electron chi connectivity index (χ1n) is 7.95. The Morgan fingerprint density at radius 2 is 2.04 bits per heavy atom. The van der Waals surface area contributed by atoms with Gasteiger partial charge < -0.3 is 15.2 Å². The number of carbonyl (C=O) groups is 1. The summed E-state index contributed by atoms with van der Waals surface area (Å²) < 4.78 is 5.73. The fourth-order valence-corrected chi connectivity index (χ4v) is 2.22. The lowest BCUT2D eigenvalue weighted by Crippen LogP contribution is -2.23. The predicted molar refractivity (Wildman–Crippen MR) is 95.0 cm³/mol. The van der Waals surface area contributed by atoms with Crippen molar-refractivity contribution in [2.75, 3.05) is 11.9 Å². The molecule has 0 aromatic carbocycles. The molecule has 3 aromatic rings. The average molecular weight is 351 g/mol. The molecule has 3 rings (SSSR count). The molecule has 0 aliphatic heterocycles. The van der Waals surface area contributed by atoms with Crippen LogP contribution >= 0.6 is 0 Å². The maximum atomic E-state index is 11.1. The van der Waals surface area contributed by atoms with Crippen LogP contribution in [0.5, 0.6) is 5.75 Å². The van der Waals surface area contributed by atoms with Gasteiger partial charge in [0.2, 0.25) is 5.95 Å². The standard InChI is InChI=1S/C18H17N5O3/c1-12(26-14-3-2-6-19-11-14)10-22-18-21-8-5-15(23-18)16-9-13(17(24)25)4-7-20-16/h2-9,11-12H,10H2,1H3,(H,24,25)(H,21,22,23)/t12-/m0/s1. The number of anilines is 1. The van der Waals surface area contributed by atoms with Gasteiger partial charge in [-0.1, -0.05) is 0 Å². The van der Waals surface area contributed by atoms with Gasteiger partial charge >= 0.3 is 5.97 Å². The van der Waals surface area contributed by atoms with E-state index in [9.17, 15) is 4.79 Å². The topological polar surface area (TPSA) is 110 Å². The van der Waals surface area contributed by atoms with Crippen LogP contribution in [0, 0.1) is 0 Å². The first kappa shape index (κ1) is 17.3. The Labute approximate surface area is 150 Å². The van der Waals surface area contributed by atoms with E-state index < -0.39 is 5.97 Å². The maximum absolute atomic E-state index is 11.1. The Morgan fingerprint density at radius 1 is 1.19 bits per heavy atom. The van der Waals surface area contributed by atoms with Gasteiger partial charge in [-0.05, 0) is 37.3 Å². The van der Waals surface area contributed by atoms with Gasteiger partial charge in [-0.2, -0.15) is 0 Å². The molecule has 0 saturated carbocycles. The highest BCUT2D eigenvalue weighted by Crippen LogP contribution is 2.16. The molecule has 132 valence electrons. The zero-order chi connectivity index (χ0) is 18.4. The zero-order valence-electron chi connectivity index (χ0n) is 14.0. The SMILES string of the molecule is C[C@@H](CNc1nccc(-c2cc(C(=O)O)ccn2)n1)Oc1cccnc1. The molecule has 0 amide bonds. The second-order valence-corrected chi connectivity index (χ2v) is 5.50. The van der Waals surface area contributed by atoms with Crippen LogP contribution in [0.4, 0.5) is 5.95 Å². The Morgan fingerprint density at radius 3 is 2.81 bits per heavy atom. The molecule has 2 N–H and O–H groups in total. The van der Waals surface area contributed by atoms with Crippen molar-refractivity contribution in [3.63, 3.8) is 0 Å². The van der Waals surface area contributed by atoms with Crippen molar-refractivity contribution in [1.82, 2.24) is 19.9 Å². The fraction of sp³-hybridized carbons (Fsp3) is 0.167. The smallest absolute Gasteiger partial charge is 0.335 e. The van der Waals surface area contributed by atoms with Crippen molar-refractivity contribution in [2.24, 2.45) is 0 Å². The molecule has 0 aliphatic rings. The molecule has 0 fully saturated rings. The summed E-state index contributed by atoms with van der Waals surface area (Å²) in [7, 11) is 0. The summed E-state index contributed by atoms with van der Waals surface area (Å²) in [6.45, 7) is 2.41. The van der Waals surface area contributed by atoms with Crippen molar-refractivity contribution < 1.29 is 14.6 Å². The lowest BCUT2D eigenvalue weighted by molar-refractivity contribution is 0.0697. The van der Waals surface area contributed by atoms with E-state index in [1.165, 1.54) is 18.3 Å². The van der Waals surface area contributed by atoms with E-state index in [4.69, 9.17) is 9.84 Å². The van der Waals surface area contributed by atoms with Gasteiger partial charge in [0.15, 0.2) is 0 Å². The minimum Gasteiger partial charge on any atom is -0.487 e. The van der Waals surface area contributed by atoms with Crippen LogP contribution in [0.1, 0.15) is 17.3 Å². The second kappa shape index (κ2) is 8.02. The number of pyridine rings is 2. The summed E-state index contributed by atoms with van der Waals surface area (Å²) in [6.07, 6.45) is 6.24. The number of rotatable bonds is 7. The molecule has 0 radical (unpaired) electrons. The van der Waals surface area contributed by atoms with Crippen LogP contribution in [0.3, 0.4) is 0 Å². The molecule has 8 heteroatoms. The molecule has 0 bridgehead atoms. The van der Waals surface area contributed by atoms with E-state index in [1.807, 2.05) is 13.0 Å². The van der Waals surface area contributed by atoms with E-state index in [-0.39, 0.29) is 11.7 Å². The van der Waals surface area contributed by atoms with Gasteiger partial charge in [0.1, 0.15) is 11.9 Å². The number of aromatic nitrogens is 4. The largest absolute Gasteiger partial charge is 0.487 e. The molecule has 8 nitrogen and oxygen atoms in total. The van der Waals surface area contributed by atoms with Gasteiger partial charge in [0, 0.05) is 18.6 Å². The van der Waals surface area contributed by atoms with Gasteiger partial charge in [-0.25, -0.2) is 14.8 Å². The quantitative estimate of drug-likeness (QED) is 0.668. The van der Waals surface area contributed by atoms with Crippen LogP contribution < -0.4 is 10.1 Å². The van der Waals surface area contributed by atoms with Gasteiger partial charge in [-0.3, -0.25) is 9.97 Å².